The molecule has 1 aliphatic rings. The molecule has 0 atom stereocenters. The number of amides is 1. The molecule has 0 spiro atoms. The summed E-state index contributed by atoms with van der Waals surface area (Å²) >= 11 is 0. The van der Waals surface area contributed by atoms with Crippen LogP contribution in [0.25, 0.3) is 0 Å². The zero-order valence-corrected chi connectivity index (χ0v) is 11.9. The second-order valence-electron chi connectivity index (χ2n) is 4.74. The van der Waals surface area contributed by atoms with Gasteiger partial charge in [0.2, 0.25) is 5.91 Å². The summed E-state index contributed by atoms with van der Waals surface area (Å²) in [4.78, 5) is 16.1. The Morgan fingerprint density at radius 1 is 1.37 bits per heavy atom. The zero-order chi connectivity index (χ0) is 12.6. The maximum atomic E-state index is 11.9. The minimum absolute atomic E-state index is 0. The van der Waals surface area contributed by atoms with Crippen molar-refractivity contribution in [2.75, 3.05) is 19.6 Å². The highest BCUT2D eigenvalue weighted by Gasteiger charge is 2.19. The Bertz CT molecular complexity index is 366. The van der Waals surface area contributed by atoms with Crippen LogP contribution in [0.1, 0.15) is 25.0 Å². The quantitative estimate of drug-likeness (QED) is 0.806. The van der Waals surface area contributed by atoms with E-state index in [0.717, 1.165) is 51.0 Å². The maximum absolute atomic E-state index is 11.9. The van der Waals surface area contributed by atoms with E-state index >= 15 is 0 Å². The summed E-state index contributed by atoms with van der Waals surface area (Å²) in [5.74, 6) is 0.429. The van der Waals surface area contributed by atoms with Crippen LogP contribution in [0.5, 0.6) is 0 Å². The smallest absolute Gasteiger partial charge is 0.223 e. The lowest BCUT2D eigenvalue weighted by atomic mass is 9.97. The average molecular weight is 284 g/mol. The van der Waals surface area contributed by atoms with Crippen molar-refractivity contribution in [1.29, 1.82) is 0 Å². The standard InChI is InChI=1S/C14H21N3O.ClH/c18-14(12-6-10-15-11-7-12)17-9-3-5-13-4-1-2-8-16-13;/h1-2,4,8,12,15H,3,5-7,9-11H2,(H,17,18);1H. The van der Waals surface area contributed by atoms with Crippen LogP contribution in [0.4, 0.5) is 0 Å². The molecule has 1 aromatic heterocycles. The Balaban J connectivity index is 0.00000180. The number of halogens is 1. The third-order valence-corrected chi connectivity index (χ3v) is 3.35. The Hall–Kier alpha value is -1.13. The van der Waals surface area contributed by atoms with Crippen LogP contribution in [0.3, 0.4) is 0 Å². The highest BCUT2D eigenvalue weighted by atomic mass is 35.5. The topological polar surface area (TPSA) is 54.0 Å². The van der Waals surface area contributed by atoms with Gasteiger partial charge in [0.1, 0.15) is 0 Å². The van der Waals surface area contributed by atoms with Gasteiger partial charge in [0.25, 0.3) is 0 Å². The molecular formula is C14H22ClN3O. The fraction of sp³-hybridized carbons (Fsp3) is 0.571. The molecular weight excluding hydrogens is 262 g/mol. The second-order valence-corrected chi connectivity index (χ2v) is 4.74. The number of hydrogen-bond donors (Lipinski definition) is 2. The molecule has 1 fully saturated rings. The molecule has 0 radical (unpaired) electrons. The molecule has 0 unspecified atom stereocenters. The number of carbonyl (C=O) groups is 1. The maximum Gasteiger partial charge on any atom is 0.223 e. The van der Waals surface area contributed by atoms with E-state index in [9.17, 15) is 4.79 Å². The molecule has 4 nitrogen and oxygen atoms in total. The van der Waals surface area contributed by atoms with Gasteiger partial charge in [-0.1, -0.05) is 6.07 Å². The van der Waals surface area contributed by atoms with E-state index in [4.69, 9.17) is 0 Å². The first-order valence-corrected chi connectivity index (χ1v) is 6.74. The van der Waals surface area contributed by atoms with Crippen molar-refractivity contribution in [3.8, 4) is 0 Å². The van der Waals surface area contributed by atoms with Gasteiger partial charge >= 0.3 is 0 Å². The van der Waals surface area contributed by atoms with Crippen molar-refractivity contribution < 1.29 is 4.79 Å². The van der Waals surface area contributed by atoms with Crippen LogP contribution >= 0.6 is 12.4 Å². The van der Waals surface area contributed by atoms with E-state index in [1.54, 1.807) is 0 Å². The van der Waals surface area contributed by atoms with Crippen LogP contribution in [-0.4, -0.2) is 30.5 Å². The first kappa shape index (κ1) is 15.9. The van der Waals surface area contributed by atoms with Crippen LogP contribution < -0.4 is 10.6 Å². The number of nitrogens with zero attached hydrogens (tertiary/aromatic N) is 1. The van der Waals surface area contributed by atoms with Gasteiger partial charge in [0, 0.05) is 24.4 Å². The summed E-state index contributed by atoms with van der Waals surface area (Å²) in [6, 6.07) is 5.94. The fourth-order valence-corrected chi connectivity index (χ4v) is 2.26. The lowest BCUT2D eigenvalue weighted by Gasteiger charge is -2.21. The number of aromatic nitrogens is 1. The van der Waals surface area contributed by atoms with Gasteiger partial charge < -0.3 is 10.6 Å². The summed E-state index contributed by atoms with van der Waals surface area (Å²) in [6.07, 6.45) is 5.61. The molecule has 2 N–H and O–H groups in total. The molecule has 1 aromatic rings. The van der Waals surface area contributed by atoms with Crippen molar-refractivity contribution in [1.82, 2.24) is 15.6 Å². The molecule has 2 heterocycles. The molecule has 0 aliphatic carbocycles. The number of rotatable bonds is 5. The highest BCUT2D eigenvalue weighted by molar-refractivity contribution is 5.85. The molecule has 5 heteroatoms. The second kappa shape index (κ2) is 8.88. The van der Waals surface area contributed by atoms with Gasteiger partial charge in [-0.25, -0.2) is 0 Å². The Morgan fingerprint density at radius 3 is 2.84 bits per heavy atom. The van der Waals surface area contributed by atoms with Crippen LogP contribution in [0.2, 0.25) is 0 Å². The molecule has 2 rings (SSSR count). The molecule has 1 amide bonds. The number of carbonyl (C=O) groups excluding carboxylic acids is 1. The normalized spacial score (nSPS) is 15.6. The van der Waals surface area contributed by atoms with Crippen molar-refractivity contribution in [2.24, 2.45) is 5.92 Å². The summed E-state index contributed by atoms with van der Waals surface area (Å²) in [5.41, 5.74) is 1.09. The predicted octanol–water partition coefficient (Wildman–Crippen LogP) is 1.55. The molecule has 0 saturated carbocycles. The first-order valence-electron chi connectivity index (χ1n) is 6.74. The summed E-state index contributed by atoms with van der Waals surface area (Å²) in [5, 5.41) is 6.30. The van der Waals surface area contributed by atoms with E-state index in [0.29, 0.717) is 0 Å². The summed E-state index contributed by atoms with van der Waals surface area (Å²) < 4.78 is 0. The predicted molar refractivity (Wildman–Crippen MR) is 78.4 cm³/mol. The van der Waals surface area contributed by atoms with Crippen LogP contribution in [0.15, 0.2) is 24.4 Å². The minimum atomic E-state index is 0. The number of aryl methyl sites for hydroxylation is 1. The van der Waals surface area contributed by atoms with Crippen molar-refractivity contribution >= 4 is 18.3 Å². The SMILES string of the molecule is Cl.O=C(NCCCc1ccccn1)C1CCNCC1. The average Bonchev–Trinajstić information content (AvgIpc) is 2.45. The number of pyridine rings is 1. The van der Waals surface area contributed by atoms with Crippen LogP contribution in [-0.2, 0) is 11.2 Å². The van der Waals surface area contributed by atoms with E-state index < -0.39 is 0 Å². The fourth-order valence-electron chi connectivity index (χ4n) is 2.26. The van der Waals surface area contributed by atoms with E-state index in [-0.39, 0.29) is 24.2 Å². The lowest BCUT2D eigenvalue weighted by Crippen LogP contribution is -2.38. The van der Waals surface area contributed by atoms with Crippen molar-refractivity contribution in [3.63, 3.8) is 0 Å². The van der Waals surface area contributed by atoms with Gasteiger partial charge in [-0.3, -0.25) is 9.78 Å². The number of hydrogen-bond acceptors (Lipinski definition) is 3. The van der Waals surface area contributed by atoms with Gasteiger partial charge in [-0.2, -0.15) is 0 Å². The monoisotopic (exact) mass is 283 g/mol. The molecule has 0 bridgehead atoms. The minimum Gasteiger partial charge on any atom is -0.356 e. The molecule has 106 valence electrons. The number of piperidine rings is 1. The van der Waals surface area contributed by atoms with E-state index in [2.05, 4.69) is 15.6 Å². The van der Waals surface area contributed by atoms with Crippen molar-refractivity contribution in [2.45, 2.75) is 25.7 Å². The highest BCUT2D eigenvalue weighted by Crippen LogP contribution is 2.11. The Labute approximate surface area is 120 Å². The molecule has 1 saturated heterocycles. The third kappa shape index (κ3) is 5.57. The molecule has 19 heavy (non-hydrogen) atoms. The Morgan fingerprint density at radius 2 is 2.16 bits per heavy atom. The molecule has 0 aromatic carbocycles. The van der Waals surface area contributed by atoms with E-state index in [1.807, 2.05) is 24.4 Å². The Kier molecular flexibility index (Phi) is 7.45. The first-order chi connectivity index (χ1) is 8.86. The van der Waals surface area contributed by atoms with Gasteiger partial charge in [0.05, 0.1) is 0 Å². The summed E-state index contributed by atoms with van der Waals surface area (Å²) in [7, 11) is 0. The third-order valence-electron chi connectivity index (χ3n) is 3.35. The van der Waals surface area contributed by atoms with Crippen LogP contribution in [0, 0.1) is 5.92 Å². The van der Waals surface area contributed by atoms with Gasteiger partial charge in [-0.05, 0) is 50.9 Å². The molecule has 1 aliphatic heterocycles. The summed E-state index contributed by atoms with van der Waals surface area (Å²) in [6.45, 7) is 2.68. The van der Waals surface area contributed by atoms with Gasteiger partial charge in [0.15, 0.2) is 0 Å². The lowest BCUT2D eigenvalue weighted by molar-refractivity contribution is -0.125. The van der Waals surface area contributed by atoms with E-state index in [1.165, 1.54) is 0 Å². The van der Waals surface area contributed by atoms with Gasteiger partial charge in [-0.15, -0.1) is 12.4 Å². The zero-order valence-electron chi connectivity index (χ0n) is 11.1. The largest absolute Gasteiger partial charge is 0.356 e. The van der Waals surface area contributed by atoms with Crippen molar-refractivity contribution in [3.05, 3.63) is 30.1 Å². The number of nitrogens with one attached hydrogen (secondary N) is 2.